The number of ether oxygens (including phenoxy) is 2. The maximum atomic E-state index is 14.2. The van der Waals surface area contributed by atoms with Crippen molar-refractivity contribution < 1.29 is 19.1 Å². The molecule has 51 heavy (non-hydrogen) atoms. The minimum atomic E-state index is -1.15. The number of carbonyl (C=O) groups excluding carboxylic acids is 2. The van der Waals surface area contributed by atoms with Gasteiger partial charge in [0.25, 0.3) is 5.91 Å². The standard InChI is InChI=1S/C41H55N5O4Si/c1-28(50-26-32-10-8-7-9-11-32)25-45-36(20-21-42-45)41(48)43-40(39(34-16-17-34)35-18-19-35)37(47)24-31-12-14-33(15-13-31)38-29(2)44-46(30(38)3)27-49-22-23-51(4,5)6/h7-15,20-21,28,34-35,39-40H,16-19,22-27H2,1-6H3,(H,43,48)/t28?,40-/m1/s1. The monoisotopic (exact) mass is 709 g/mol. The zero-order valence-corrected chi connectivity index (χ0v) is 32.2. The Hall–Kier alpha value is -3.86. The Kier molecular flexibility index (Phi) is 11.7. The lowest BCUT2D eigenvalue weighted by molar-refractivity contribution is -0.122. The first kappa shape index (κ1) is 36.9. The molecule has 4 aromatic rings. The molecule has 9 nitrogen and oxygen atoms in total. The Bertz CT molecular complexity index is 1760. The Labute approximate surface area is 304 Å². The molecule has 2 aliphatic carbocycles. The second-order valence-electron chi connectivity index (χ2n) is 15.9. The van der Waals surface area contributed by atoms with Crippen LogP contribution in [0.2, 0.25) is 25.7 Å². The highest BCUT2D eigenvalue weighted by Gasteiger charge is 2.48. The van der Waals surface area contributed by atoms with Crippen LogP contribution in [0.4, 0.5) is 0 Å². The molecule has 2 fully saturated rings. The zero-order chi connectivity index (χ0) is 36.1. The molecular formula is C41H55N5O4Si. The van der Waals surface area contributed by atoms with Crippen molar-refractivity contribution in [3.8, 4) is 11.1 Å². The fourth-order valence-electron chi connectivity index (χ4n) is 7.15. The molecule has 2 aromatic heterocycles. The van der Waals surface area contributed by atoms with Crippen molar-refractivity contribution in [3.63, 3.8) is 0 Å². The second-order valence-corrected chi connectivity index (χ2v) is 21.6. The van der Waals surface area contributed by atoms with Crippen LogP contribution < -0.4 is 5.32 Å². The molecule has 1 amide bonds. The third kappa shape index (κ3) is 9.93. The summed E-state index contributed by atoms with van der Waals surface area (Å²) in [5.74, 6) is 0.977. The number of aryl methyl sites for hydroxylation is 1. The molecule has 2 heterocycles. The number of amides is 1. The molecule has 1 N–H and O–H groups in total. The Morgan fingerprint density at radius 3 is 2.25 bits per heavy atom. The molecule has 0 spiro atoms. The van der Waals surface area contributed by atoms with Gasteiger partial charge < -0.3 is 14.8 Å². The first-order valence-corrected chi connectivity index (χ1v) is 22.4. The van der Waals surface area contributed by atoms with Gasteiger partial charge in [0.1, 0.15) is 12.4 Å². The van der Waals surface area contributed by atoms with Crippen LogP contribution in [-0.2, 0) is 40.6 Å². The predicted molar refractivity (Wildman–Crippen MR) is 203 cm³/mol. The van der Waals surface area contributed by atoms with Crippen molar-refractivity contribution >= 4 is 19.8 Å². The van der Waals surface area contributed by atoms with E-state index in [1.54, 1.807) is 16.9 Å². The number of benzene rings is 2. The first-order valence-electron chi connectivity index (χ1n) is 18.7. The van der Waals surface area contributed by atoms with E-state index in [0.29, 0.717) is 37.4 Å². The van der Waals surface area contributed by atoms with Gasteiger partial charge in [0.2, 0.25) is 0 Å². The highest BCUT2D eigenvalue weighted by Crippen LogP contribution is 2.51. The van der Waals surface area contributed by atoms with Crippen molar-refractivity contribution in [1.29, 1.82) is 0 Å². The Balaban J connectivity index is 1.11. The highest BCUT2D eigenvalue weighted by atomic mass is 28.3. The number of carbonyl (C=O) groups is 2. The summed E-state index contributed by atoms with van der Waals surface area (Å²) in [5, 5.41) is 12.4. The first-order chi connectivity index (χ1) is 24.5. The lowest BCUT2D eigenvalue weighted by atomic mass is 9.85. The van der Waals surface area contributed by atoms with Crippen LogP contribution in [0, 0.1) is 31.6 Å². The number of rotatable bonds is 19. The van der Waals surface area contributed by atoms with Crippen molar-refractivity contribution in [3.05, 3.63) is 95.1 Å². The summed E-state index contributed by atoms with van der Waals surface area (Å²) < 4.78 is 15.7. The third-order valence-corrected chi connectivity index (χ3v) is 12.0. The minimum absolute atomic E-state index is 0.0705. The van der Waals surface area contributed by atoms with Gasteiger partial charge in [0, 0.05) is 38.6 Å². The SMILES string of the molecule is Cc1nn(COCC[Si](C)(C)C)c(C)c1-c1ccc(CC(=O)[C@@H](NC(=O)c2ccnn2CC(C)OCc2ccccc2)C(C2CC2)C2CC2)cc1. The maximum Gasteiger partial charge on any atom is 0.270 e. The van der Waals surface area contributed by atoms with Crippen LogP contribution in [0.5, 0.6) is 0 Å². The summed E-state index contributed by atoms with van der Waals surface area (Å²) in [6.07, 6.45) is 6.26. The molecule has 272 valence electrons. The van der Waals surface area contributed by atoms with Gasteiger partial charge in [-0.15, -0.1) is 0 Å². The molecular weight excluding hydrogens is 655 g/mol. The van der Waals surface area contributed by atoms with Gasteiger partial charge in [-0.25, -0.2) is 4.68 Å². The molecule has 2 saturated carbocycles. The van der Waals surface area contributed by atoms with E-state index in [4.69, 9.17) is 14.6 Å². The third-order valence-electron chi connectivity index (χ3n) is 10.3. The Morgan fingerprint density at radius 2 is 1.61 bits per heavy atom. The van der Waals surface area contributed by atoms with Crippen LogP contribution in [0.1, 0.15) is 65.6 Å². The maximum absolute atomic E-state index is 14.2. The molecule has 2 aliphatic rings. The number of hydrogen-bond donors (Lipinski definition) is 1. The van der Waals surface area contributed by atoms with E-state index in [0.717, 1.165) is 72.0 Å². The van der Waals surface area contributed by atoms with Gasteiger partial charge in [0.05, 0.1) is 31.0 Å². The van der Waals surface area contributed by atoms with Gasteiger partial charge in [-0.1, -0.05) is 74.2 Å². The number of Topliss-reactive ketones (excluding diaryl/α,β-unsaturated/α-hetero) is 1. The molecule has 2 aromatic carbocycles. The van der Waals surface area contributed by atoms with Crippen LogP contribution in [-0.4, -0.2) is 58.1 Å². The summed E-state index contributed by atoms with van der Waals surface area (Å²) in [7, 11) is -1.15. The van der Waals surface area contributed by atoms with Gasteiger partial charge in [0.15, 0.2) is 5.78 Å². The molecule has 2 atom stereocenters. The summed E-state index contributed by atoms with van der Waals surface area (Å²) in [6, 6.07) is 20.6. The topological polar surface area (TPSA) is 100 Å². The Morgan fingerprint density at radius 1 is 0.922 bits per heavy atom. The average Bonchev–Trinajstić information content (AvgIpc) is 4.04. The molecule has 0 aliphatic heterocycles. The van der Waals surface area contributed by atoms with Crippen LogP contribution in [0.15, 0.2) is 66.9 Å². The second kappa shape index (κ2) is 16.2. The van der Waals surface area contributed by atoms with E-state index >= 15 is 0 Å². The quantitative estimate of drug-likeness (QED) is 0.0794. The van der Waals surface area contributed by atoms with Crippen molar-refractivity contribution in [2.24, 2.45) is 17.8 Å². The summed E-state index contributed by atoms with van der Waals surface area (Å²) >= 11 is 0. The van der Waals surface area contributed by atoms with Crippen LogP contribution in [0.25, 0.3) is 11.1 Å². The van der Waals surface area contributed by atoms with Crippen molar-refractivity contribution in [2.75, 3.05) is 6.61 Å². The number of ketones is 1. The lowest BCUT2D eigenvalue weighted by Gasteiger charge is -2.27. The number of nitrogens with zero attached hydrogens (tertiary/aromatic N) is 4. The van der Waals surface area contributed by atoms with E-state index in [-0.39, 0.29) is 30.1 Å². The fourth-order valence-corrected chi connectivity index (χ4v) is 7.90. The zero-order valence-electron chi connectivity index (χ0n) is 31.2. The summed E-state index contributed by atoms with van der Waals surface area (Å²) in [5.41, 5.74) is 6.70. The molecule has 1 unspecified atom stereocenters. The summed E-state index contributed by atoms with van der Waals surface area (Å²) in [6.45, 7) is 15.3. The number of nitrogens with one attached hydrogen (secondary N) is 1. The van der Waals surface area contributed by atoms with E-state index < -0.39 is 14.1 Å². The van der Waals surface area contributed by atoms with E-state index in [1.165, 1.54) is 0 Å². The van der Waals surface area contributed by atoms with E-state index in [9.17, 15) is 9.59 Å². The average molecular weight is 710 g/mol. The highest BCUT2D eigenvalue weighted by molar-refractivity contribution is 6.76. The molecule has 0 radical (unpaired) electrons. The van der Waals surface area contributed by atoms with E-state index in [1.807, 2.05) is 61.0 Å². The van der Waals surface area contributed by atoms with Crippen LogP contribution in [0.3, 0.4) is 0 Å². The van der Waals surface area contributed by atoms with Gasteiger partial charge >= 0.3 is 0 Å². The van der Waals surface area contributed by atoms with Crippen LogP contribution >= 0.6 is 0 Å². The van der Waals surface area contributed by atoms with Gasteiger partial charge in [-0.2, -0.15) is 10.2 Å². The predicted octanol–water partition coefficient (Wildman–Crippen LogP) is 7.63. The van der Waals surface area contributed by atoms with E-state index in [2.05, 4.69) is 49.1 Å². The minimum Gasteiger partial charge on any atom is -0.372 e. The number of aromatic nitrogens is 4. The molecule has 10 heteroatoms. The smallest absolute Gasteiger partial charge is 0.270 e. The normalized spacial score (nSPS) is 16.0. The largest absolute Gasteiger partial charge is 0.372 e. The van der Waals surface area contributed by atoms with Crippen molar-refractivity contribution in [2.45, 2.75) is 111 Å². The lowest BCUT2D eigenvalue weighted by Crippen LogP contribution is -2.48. The molecule has 0 saturated heterocycles. The van der Waals surface area contributed by atoms with Gasteiger partial charge in [-0.3, -0.25) is 14.3 Å². The summed E-state index contributed by atoms with van der Waals surface area (Å²) in [4.78, 5) is 28.0. The molecule has 6 rings (SSSR count). The van der Waals surface area contributed by atoms with Gasteiger partial charge in [-0.05, 0) is 93.0 Å². The fraction of sp³-hybridized carbons (Fsp3) is 0.512. The molecule has 0 bridgehead atoms. The number of hydrogen-bond acceptors (Lipinski definition) is 6. The van der Waals surface area contributed by atoms with Crippen molar-refractivity contribution in [1.82, 2.24) is 24.9 Å².